The van der Waals surface area contributed by atoms with Crippen LogP contribution in [-0.4, -0.2) is 50.1 Å². The third kappa shape index (κ3) is 3.27. The van der Waals surface area contributed by atoms with Gasteiger partial charge in [-0.15, -0.1) is 0 Å². The van der Waals surface area contributed by atoms with Gasteiger partial charge in [-0.1, -0.05) is 6.92 Å². The van der Waals surface area contributed by atoms with E-state index in [-0.39, 0.29) is 17.9 Å². The zero-order valence-electron chi connectivity index (χ0n) is 10.5. The number of nitrogens with zero attached hydrogens (tertiary/aromatic N) is 3. The number of aromatic amines is 1. The summed E-state index contributed by atoms with van der Waals surface area (Å²) in [7, 11) is 0. The molecule has 1 aromatic rings. The fourth-order valence-corrected chi connectivity index (χ4v) is 1.63. The van der Waals surface area contributed by atoms with Gasteiger partial charge in [0.2, 0.25) is 5.69 Å². The maximum Gasteiger partial charge on any atom is 0.323 e. The molecule has 0 atom stereocenters. The van der Waals surface area contributed by atoms with Crippen molar-refractivity contribution >= 4 is 17.6 Å². The topological polar surface area (TPSA) is 129 Å². The molecule has 9 nitrogen and oxygen atoms in total. The highest BCUT2D eigenvalue weighted by Crippen LogP contribution is 2.21. The average molecular weight is 270 g/mol. The minimum atomic E-state index is -1.18. The molecule has 0 aliphatic carbocycles. The monoisotopic (exact) mass is 270 g/mol. The van der Waals surface area contributed by atoms with Crippen LogP contribution in [0.3, 0.4) is 0 Å². The second-order valence-corrected chi connectivity index (χ2v) is 3.92. The number of hydrogen-bond acceptors (Lipinski definition) is 5. The van der Waals surface area contributed by atoms with Crippen LogP contribution in [0.25, 0.3) is 0 Å². The SMILES string of the molecule is CCCN(CC(=O)O)C(=O)c1n[nH]c(C)c1[N+](=O)[O-]. The van der Waals surface area contributed by atoms with Crippen molar-refractivity contribution in [2.45, 2.75) is 20.3 Å². The summed E-state index contributed by atoms with van der Waals surface area (Å²) in [5.41, 5.74) is -0.631. The van der Waals surface area contributed by atoms with Crippen LogP contribution in [-0.2, 0) is 4.79 Å². The van der Waals surface area contributed by atoms with Crippen LogP contribution >= 0.6 is 0 Å². The summed E-state index contributed by atoms with van der Waals surface area (Å²) in [5, 5.41) is 25.6. The summed E-state index contributed by atoms with van der Waals surface area (Å²) in [6.45, 7) is 2.86. The molecule has 1 amide bonds. The Balaban J connectivity index is 3.09. The van der Waals surface area contributed by atoms with Crippen molar-refractivity contribution in [3.05, 3.63) is 21.5 Å². The zero-order valence-corrected chi connectivity index (χ0v) is 10.5. The molecule has 0 spiro atoms. The highest BCUT2D eigenvalue weighted by Gasteiger charge is 2.30. The first-order valence-corrected chi connectivity index (χ1v) is 5.58. The first kappa shape index (κ1) is 14.6. The highest BCUT2D eigenvalue weighted by molar-refractivity contribution is 5.97. The number of aryl methyl sites for hydroxylation is 1. The second-order valence-electron chi connectivity index (χ2n) is 3.92. The highest BCUT2D eigenvalue weighted by atomic mass is 16.6. The molecule has 9 heteroatoms. The van der Waals surface area contributed by atoms with Gasteiger partial charge in [-0.2, -0.15) is 5.10 Å². The van der Waals surface area contributed by atoms with Crippen LogP contribution in [0.1, 0.15) is 29.5 Å². The van der Waals surface area contributed by atoms with Gasteiger partial charge in [0, 0.05) is 6.54 Å². The molecule has 0 saturated heterocycles. The summed E-state index contributed by atoms with van der Waals surface area (Å²) < 4.78 is 0. The first-order chi connectivity index (χ1) is 8.88. The van der Waals surface area contributed by atoms with Crippen molar-refractivity contribution in [2.75, 3.05) is 13.1 Å². The van der Waals surface area contributed by atoms with E-state index < -0.39 is 29.0 Å². The number of carbonyl (C=O) groups excluding carboxylic acids is 1. The molecule has 0 bridgehead atoms. The molecule has 0 aromatic carbocycles. The maximum absolute atomic E-state index is 12.1. The second kappa shape index (κ2) is 5.94. The molecule has 0 unspecified atom stereocenters. The number of H-pyrrole nitrogens is 1. The van der Waals surface area contributed by atoms with Crippen LogP contribution < -0.4 is 0 Å². The number of nitrogens with one attached hydrogen (secondary N) is 1. The van der Waals surface area contributed by atoms with E-state index in [4.69, 9.17) is 5.11 Å². The summed E-state index contributed by atoms with van der Waals surface area (Å²) >= 11 is 0. The molecule has 0 saturated carbocycles. The average Bonchev–Trinajstić information content (AvgIpc) is 2.69. The molecular weight excluding hydrogens is 256 g/mol. The van der Waals surface area contributed by atoms with Crippen LogP contribution in [0.5, 0.6) is 0 Å². The van der Waals surface area contributed by atoms with Crippen molar-refractivity contribution in [2.24, 2.45) is 0 Å². The number of carboxylic acid groups (broad SMARTS) is 1. The predicted octanol–water partition coefficient (Wildman–Crippen LogP) is 0.563. The first-order valence-electron chi connectivity index (χ1n) is 5.58. The Morgan fingerprint density at radius 3 is 2.63 bits per heavy atom. The van der Waals surface area contributed by atoms with E-state index in [9.17, 15) is 19.7 Å². The quantitative estimate of drug-likeness (QED) is 0.574. The fourth-order valence-electron chi connectivity index (χ4n) is 1.63. The Morgan fingerprint density at radius 1 is 1.53 bits per heavy atom. The summed E-state index contributed by atoms with van der Waals surface area (Å²) in [4.78, 5) is 33.9. The van der Waals surface area contributed by atoms with Crippen molar-refractivity contribution < 1.29 is 19.6 Å². The van der Waals surface area contributed by atoms with E-state index in [0.717, 1.165) is 4.90 Å². The lowest BCUT2D eigenvalue weighted by Crippen LogP contribution is -2.36. The van der Waals surface area contributed by atoms with Gasteiger partial charge in [0.05, 0.1) is 4.92 Å². The van der Waals surface area contributed by atoms with Crippen LogP contribution in [0.15, 0.2) is 0 Å². The third-order valence-corrected chi connectivity index (χ3v) is 2.41. The molecule has 0 aliphatic rings. The molecule has 104 valence electrons. The number of nitro groups is 1. The number of aromatic nitrogens is 2. The van der Waals surface area contributed by atoms with Gasteiger partial charge >= 0.3 is 11.7 Å². The lowest BCUT2D eigenvalue weighted by molar-refractivity contribution is -0.385. The molecular formula is C10H14N4O5. The molecule has 1 heterocycles. The van der Waals surface area contributed by atoms with Gasteiger partial charge in [-0.25, -0.2) is 0 Å². The summed E-state index contributed by atoms with van der Waals surface area (Å²) in [5.74, 6) is -1.95. The number of amides is 1. The number of carboxylic acids is 1. The molecule has 2 N–H and O–H groups in total. The Labute approximate surface area is 108 Å². The van der Waals surface area contributed by atoms with Crippen molar-refractivity contribution in [3.63, 3.8) is 0 Å². The predicted molar refractivity (Wildman–Crippen MR) is 63.8 cm³/mol. The number of aliphatic carboxylic acids is 1. The van der Waals surface area contributed by atoms with E-state index in [2.05, 4.69) is 10.2 Å². The van der Waals surface area contributed by atoms with Gasteiger partial charge in [0.1, 0.15) is 12.2 Å². The Bertz CT molecular complexity index is 510. The number of carbonyl (C=O) groups is 2. The van der Waals surface area contributed by atoms with E-state index in [1.54, 1.807) is 6.92 Å². The Morgan fingerprint density at radius 2 is 2.16 bits per heavy atom. The van der Waals surface area contributed by atoms with E-state index in [1.165, 1.54) is 6.92 Å². The van der Waals surface area contributed by atoms with E-state index >= 15 is 0 Å². The van der Waals surface area contributed by atoms with Gasteiger partial charge in [0.15, 0.2) is 0 Å². The van der Waals surface area contributed by atoms with Crippen molar-refractivity contribution in [1.82, 2.24) is 15.1 Å². The fraction of sp³-hybridized carbons (Fsp3) is 0.500. The summed E-state index contributed by atoms with van der Waals surface area (Å²) in [6, 6.07) is 0. The van der Waals surface area contributed by atoms with Crippen LogP contribution in [0.2, 0.25) is 0 Å². The van der Waals surface area contributed by atoms with Gasteiger partial charge < -0.3 is 10.0 Å². The molecule has 0 fully saturated rings. The lowest BCUT2D eigenvalue weighted by Gasteiger charge is -2.18. The smallest absolute Gasteiger partial charge is 0.323 e. The van der Waals surface area contributed by atoms with Crippen LogP contribution in [0, 0.1) is 17.0 Å². The summed E-state index contributed by atoms with van der Waals surface area (Å²) in [6.07, 6.45) is 0.538. The van der Waals surface area contributed by atoms with E-state index in [1.807, 2.05) is 0 Å². The molecule has 1 rings (SSSR count). The largest absolute Gasteiger partial charge is 0.480 e. The minimum absolute atomic E-state index is 0.153. The Kier molecular flexibility index (Phi) is 4.56. The molecule has 1 aromatic heterocycles. The molecule has 0 aliphatic heterocycles. The number of hydrogen-bond donors (Lipinski definition) is 2. The lowest BCUT2D eigenvalue weighted by atomic mass is 10.2. The van der Waals surface area contributed by atoms with Crippen molar-refractivity contribution in [1.29, 1.82) is 0 Å². The standard InChI is InChI=1S/C10H14N4O5/c1-3-4-13(5-7(15)16)10(17)8-9(14(18)19)6(2)11-12-8/h3-5H2,1-2H3,(H,11,12)(H,15,16). The molecule has 19 heavy (non-hydrogen) atoms. The maximum atomic E-state index is 12.1. The van der Waals surface area contributed by atoms with Gasteiger partial charge in [-0.05, 0) is 13.3 Å². The molecule has 0 radical (unpaired) electrons. The minimum Gasteiger partial charge on any atom is -0.480 e. The number of rotatable bonds is 6. The normalized spacial score (nSPS) is 10.2. The van der Waals surface area contributed by atoms with Gasteiger partial charge in [-0.3, -0.25) is 24.8 Å². The Hall–Kier alpha value is -2.45. The van der Waals surface area contributed by atoms with Gasteiger partial charge in [0.25, 0.3) is 5.91 Å². The van der Waals surface area contributed by atoms with Crippen molar-refractivity contribution in [3.8, 4) is 0 Å². The van der Waals surface area contributed by atoms with E-state index in [0.29, 0.717) is 6.42 Å². The third-order valence-electron chi connectivity index (χ3n) is 2.41. The zero-order chi connectivity index (χ0) is 14.6. The van der Waals surface area contributed by atoms with Crippen LogP contribution in [0.4, 0.5) is 5.69 Å².